The van der Waals surface area contributed by atoms with E-state index in [0.29, 0.717) is 11.9 Å². The first-order valence-corrected chi connectivity index (χ1v) is 5.31. The molecule has 76 valence electrons. The van der Waals surface area contributed by atoms with Crippen molar-refractivity contribution in [2.24, 2.45) is 0 Å². The zero-order valence-corrected chi connectivity index (χ0v) is 8.32. The molecular formula is C10H16N4. The van der Waals surface area contributed by atoms with Gasteiger partial charge in [0.1, 0.15) is 0 Å². The quantitative estimate of drug-likeness (QED) is 0.690. The van der Waals surface area contributed by atoms with Gasteiger partial charge in [0.05, 0.1) is 11.9 Å². The van der Waals surface area contributed by atoms with Crippen LogP contribution in [-0.2, 0) is 0 Å². The summed E-state index contributed by atoms with van der Waals surface area (Å²) in [7, 11) is 0. The lowest BCUT2D eigenvalue weighted by Gasteiger charge is -2.11. The fourth-order valence-corrected chi connectivity index (χ4v) is 2.10. The third-order valence-corrected chi connectivity index (χ3v) is 2.87. The lowest BCUT2D eigenvalue weighted by molar-refractivity contribution is 0.573. The number of nitrogens with two attached hydrogens (primary N) is 1. The predicted molar refractivity (Wildman–Crippen MR) is 54.7 cm³/mol. The van der Waals surface area contributed by atoms with Gasteiger partial charge in [-0.05, 0) is 12.8 Å². The van der Waals surface area contributed by atoms with Crippen LogP contribution in [0.1, 0.15) is 50.1 Å². The van der Waals surface area contributed by atoms with Gasteiger partial charge in [0.15, 0.2) is 0 Å². The fraction of sp³-hybridized carbons (Fsp3) is 0.700. The van der Waals surface area contributed by atoms with E-state index in [1.54, 1.807) is 6.20 Å². The third kappa shape index (κ3) is 2.19. The van der Waals surface area contributed by atoms with Crippen molar-refractivity contribution in [2.75, 3.05) is 5.73 Å². The minimum absolute atomic E-state index is 0.298. The van der Waals surface area contributed by atoms with Gasteiger partial charge in [-0.25, -0.2) is 4.98 Å². The Morgan fingerprint density at radius 1 is 1.14 bits per heavy atom. The summed E-state index contributed by atoms with van der Waals surface area (Å²) in [6.45, 7) is 0. The molecule has 0 spiro atoms. The zero-order chi connectivity index (χ0) is 9.80. The van der Waals surface area contributed by atoms with Crippen LogP contribution in [-0.4, -0.2) is 15.2 Å². The number of nitrogens with zero attached hydrogens (tertiary/aromatic N) is 3. The Hall–Kier alpha value is -1.19. The Labute approximate surface area is 83.9 Å². The molecule has 1 heterocycles. The van der Waals surface area contributed by atoms with Gasteiger partial charge in [0.2, 0.25) is 5.95 Å². The summed E-state index contributed by atoms with van der Waals surface area (Å²) in [5.74, 6) is 0.849. The molecule has 0 aromatic carbocycles. The van der Waals surface area contributed by atoms with Crippen LogP contribution in [0.4, 0.5) is 5.95 Å². The van der Waals surface area contributed by atoms with Gasteiger partial charge < -0.3 is 5.73 Å². The largest absolute Gasteiger partial charge is 0.366 e. The van der Waals surface area contributed by atoms with Gasteiger partial charge >= 0.3 is 0 Å². The first-order chi connectivity index (χ1) is 6.86. The van der Waals surface area contributed by atoms with E-state index < -0.39 is 0 Å². The highest BCUT2D eigenvalue weighted by Crippen LogP contribution is 2.29. The second-order valence-electron chi connectivity index (χ2n) is 3.93. The smallest absolute Gasteiger partial charge is 0.240 e. The molecule has 4 nitrogen and oxygen atoms in total. The predicted octanol–water partition coefficient (Wildman–Crippen LogP) is 1.89. The minimum Gasteiger partial charge on any atom is -0.366 e. The number of hydrogen-bond acceptors (Lipinski definition) is 4. The second kappa shape index (κ2) is 4.35. The molecule has 0 radical (unpaired) electrons. The van der Waals surface area contributed by atoms with Gasteiger partial charge in [-0.2, -0.15) is 5.10 Å². The number of nitrogen functional groups attached to an aromatic ring is 1. The van der Waals surface area contributed by atoms with E-state index in [1.165, 1.54) is 38.5 Å². The van der Waals surface area contributed by atoms with Crippen molar-refractivity contribution in [3.05, 3.63) is 11.9 Å². The number of rotatable bonds is 1. The molecule has 14 heavy (non-hydrogen) atoms. The highest BCUT2D eigenvalue weighted by Gasteiger charge is 2.16. The van der Waals surface area contributed by atoms with Crippen LogP contribution in [0.15, 0.2) is 6.20 Å². The lowest BCUT2D eigenvalue weighted by atomic mass is 9.97. The molecule has 2 rings (SSSR count). The molecule has 4 heteroatoms. The molecule has 1 aliphatic carbocycles. The maximum absolute atomic E-state index is 5.52. The van der Waals surface area contributed by atoms with E-state index in [1.807, 2.05) is 0 Å². The molecule has 0 aliphatic heterocycles. The summed E-state index contributed by atoms with van der Waals surface area (Å²) in [5.41, 5.74) is 6.55. The van der Waals surface area contributed by atoms with Crippen LogP contribution in [0.25, 0.3) is 0 Å². The lowest BCUT2D eigenvalue weighted by Crippen LogP contribution is -2.05. The van der Waals surface area contributed by atoms with E-state index in [9.17, 15) is 0 Å². The van der Waals surface area contributed by atoms with Crippen LogP contribution in [0.2, 0.25) is 0 Å². The van der Waals surface area contributed by atoms with E-state index in [2.05, 4.69) is 15.2 Å². The highest BCUT2D eigenvalue weighted by molar-refractivity contribution is 5.16. The molecule has 2 N–H and O–H groups in total. The summed E-state index contributed by atoms with van der Waals surface area (Å²) >= 11 is 0. The van der Waals surface area contributed by atoms with E-state index in [0.717, 1.165) is 5.69 Å². The van der Waals surface area contributed by atoms with Crippen molar-refractivity contribution in [2.45, 2.75) is 44.4 Å². The average molecular weight is 192 g/mol. The SMILES string of the molecule is Nc1nncc(C2CCCCCC2)n1. The molecule has 0 bridgehead atoms. The van der Waals surface area contributed by atoms with E-state index in [4.69, 9.17) is 5.73 Å². The number of hydrogen-bond donors (Lipinski definition) is 1. The summed E-state index contributed by atoms with van der Waals surface area (Å²) in [4.78, 5) is 4.24. The van der Waals surface area contributed by atoms with Gasteiger partial charge in [-0.15, -0.1) is 5.10 Å². The summed E-state index contributed by atoms with van der Waals surface area (Å²) in [6, 6.07) is 0. The fourth-order valence-electron chi connectivity index (χ4n) is 2.10. The molecule has 1 aromatic heterocycles. The number of anilines is 1. The van der Waals surface area contributed by atoms with Crippen molar-refractivity contribution in [3.8, 4) is 0 Å². The highest BCUT2D eigenvalue weighted by atomic mass is 15.2. The van der Waals surface area contributed by atoms with Crippen molar-refractivity contribution in [1.82, 2.24) is 15.2 Å². The van der Waals surface area contributed by atoms with E-state index >= 15 is 0 Å². The molecule has 0 saturated heterocycles. The monoisotopic (exact) mass is 192 g/mol. The molecule has 1 saturated carbocycles. The van der Waals surface area contributed by atoms with Crippen molar-refractivity contribution in [1.29, 1.82) is 0 Å². The van der Waals surface area contributed by atoms with Crippen LogP contribution in [0.5, 0.6) is 0 Å². The average Bonchev–Trinajstić information content (AvgIpc) is 2.45. The van der Waals surface area contributed by atoms with Crippen molar-refractivity contribution in [3.63, 3.8) is 0 Å². The van der Waals surface area contributed by atoms with Crippen LogP contribution < -0.4 is 5.73 Å². The Kier molecular flexibility index (Phi) is 2.91. The van der Waals surface area contributed by atoms with E-state index in [-0.39, 0.29) is 0 Å². The minimum atomic E-state index is 0.298. The van der Waals surface area contributed by atoms with Crippen LogP contribution >= 0.6 is 0 Å². The molecule has 0 unspecified atom stereocenters. The van der Waals surface area contributed by atoms with Gasteiger partial charge in [0, 0.05) is 5.92 Å². The first-order valence-electron chi connectivity index (χ1n) is 5.31. The van der Waals surface area contributed by atoms with Gasteiger partial charge in [-0.3, -0.25) is 0 Å². The Bertz CT molecular complexity index is 292. The molecule has 1 aliphatic rings. The van der Waals surface area contributed by atoms with Crippen molar-refractivity contribution < 1.29 is 0 Å². The standard InChI is InChI=1S/C10H16N4/c11-10-13-9(7-12-14-10)8-5-3-1-2-4-6-8/h7-8H,1-6H2,(H2,11,13,14). The second-order valence-corrected chi connectivity index (χ2v) is 3.93. The zero-order valence-electron chi connectivity index (χ0n) is 8.32. The van der Waals surface area contributed by atoms with Gasteiger partial charge in [0.25, 0.3) is 0 Å². The Morgan fingerprint density at radius 2 is 1.86 bits per heavy atom. The summed E-state index contributed by atoms with van der Waals surface area (Å²) < 4.78 is 0. The molecule has 0 amide bonds. The molecule has 1 aromatic rings. The Morgan fingerprint density at radius 3 is 2.50 bits per heavy atom. The van der Waals surface area contributed by atoms with Crippen LogP contribution in [0, 0.1) is 0 Å². The maximum Gasteiger partial charge on any atom is 0.240 e. The summed E-state index contributed by atoms with van der Waals surface area (Å²) in [6.07, 6.45) is 9.50. The van der Waals surface area contributed by atoms with Gasteiger partial charge in [-0.1, -0.05) is 25.7 Å². The van der Waals surface area contributed by atoms with Crippen LogP contribution in [0.3, 0.4) is 0 Å². The Balaban J connectivity index is 2.12. The first kappa shape index (κ1) is 9.37. The maximum atomic E-state index is 5.52. The molecule has 0 atom stereocenters. The molecule has 1 fully saturated rings. The topological polar surface area (TPSA) is 64.7 Å². The number of aromatic nitrogens is 3. The van der Waals surface area contributed by atoms with Crippen molar-refractivity contribution >= 4 is 5.95 Å². The summed E-state index contributed by atoms with van der Waals surface area (Å²) in [5, 5.41) is 7.53. The third-order valence-electron chi connectivity index (χ3n) is 2.87. The normalized spacial score (nSPS) is 19.1. The molecular weight excluding hydrogens is 176 g/mol.